The lowest BCUT2D eigenvalue weighted by Crippen LogP contribution is -2.45. The van der Waals surface area contributed by atoms with Gasteiger partial charge in [0.25, 0.3) is 0 Å². The second-order valence-electron chi connectivity index (χ2n) is 5.62. The van der Waals surface area contributed by atoms with Crippen molar-refractivity contribution in [1.29, 1.82) is 0 Å². The maximum Gasteiger partial charge on any atom is 0.180 e. The number of carbonyl (C=O) groups excluding carboxylic acids is 1. The average Bonchev–Trinajstić information content (AvgIpc) is 2.41. The third kappa shape index (κ3) is 4.05. The number of ether oxygens (including phenoxy) is 1. The number of hydrogen-bond donors (Lipinski definition) is 1. The minimum atomic E-state index is 0.0726. The summed E-state index contributed by atoms with van der Waals surface area (Å²) in [6.45, 7) is 10.2. The number of benzene rings is 1. The van der Waals surface area contributed by atoms with Gasteiger partial charge in [0.1, 0.15) is 5.75 Å². The van der Waals surface area contributed by atoms with E-state index >= 15 is 0 Å². The van der Waals surface area contributed by atoms with Gasteiger partial charge in [0, 0.05) is 26.2 Å². The first-order valence-electron chi connectivity index (χ1n) is 7.30. The van der Waals surface area contributed by atoms with Crippen molar-refractivity contribution in [3.63, 3.8) is 0 Å². The minimum Gasteiger partial charge on any atom is -0.490 e. The van der Waals surface area contributed by atoms with E-state index in [1.54, 1.807) is 0 Å². The van der Waals surface area contributed by atoms with E-state index in [1.165, 1.54) is 0 Å². The molecule has 4 nitrogen and oxygen atoms in total. The van der Waals surface area contributed by atoms with E-state index < -0.39 is 0 Å². The van der Waals surface area contributed by atoms with Gasteiger partial charge in [-0.05, 0) is 32.9 Å². The molecule has 0 aliphatic carbocycles. The maximum absolute atomic E-state index is 12.5. The molecule has 1 fully saturated rings. The third-order valence-corrected chi connectivity index (χ3v) is 3.37. The van der Waals surface area contributed by atoms with Crippen molar-refractivity contribution < 1.29 is 9.53 Å². The highest BCUT2D eigenvalue weighted by atomic mass is 16.5. The van der Waals surface area contributed by atoms with Gasteiger partial charge in [-0.15, -0.1) is 0 Å². The second-order valence-corrected chi connectivity index (χ2v) is 5.62. The van der Waals surface area contributed by atoms with Crippen molar-refractivity contribution in [2.24, 2.45) is 0 Å². The fraction of sp³-hybridized carbons (Fsp3) is 0.562. The Hall–Kier alpha value is -1.39. The second kappa shape index (κ2) is 6.86. The molecule has 0 spiro atoms. The number of nitrogens with zero attached hydrogens (tertiary/aromatic N) is 1. The summed E-state index contributed by atoms with van der Waals surface area (Å²) in [5.74, 6) is 0.844. The molecule has 1 heterocycles. The molecule has 0 atom stereocenters. The molecule has 0 saturated carbocycles. The zero-order valence-electron chi connectivity index (χ0n) is 12.6. The standard InChI is InChI=1S/C16H24N2O2/c1-12(2)20-16-5-4-13(3)10-14(16)15(19)11-18-8-6-17-7-9-18/h4-5,10,12,17H,6-9,11H2,1-3H3. The van der Waals surface area contributed by atoms with E-state index in [4.69, 9.17) is 4.74 Å². The summed E-state index contributed by atoms with van der Waals surface area (Å²) in [7, 11) is 0. The van der Waals surface area contributed by atoms with Gasteiger partial charge in [0.15, 0.2) is 5.78 Å². The van der Waals surface area contributed by atoms with Crippen LogP contribution in [0.5, 0.6) is 5.75 Å². The molecule has 0 radical (unpaired) electrons. The quantitative estimate of drug-likeness (QED) is 0.834. The number of Topliss-reactive ketones (excluding diaryl/α,β-unsaturated/α-hetero) is 1. The van der Waals surface area contributed by atoms with Crippen LogP contribution in [0.4, 0.5) is 0 Å². The first-order chi connectivity index (χ1) is 9.56. The normalized spacial score (nSPS) is 16.4. The molecule has 4 heteroatoms. The highest BCUT2D eigenvalue weighted by Crippen LogP contribution is 2.22. The van der Waals surface area contributed by atoms with E-state index in [9.17, 15) is 4.79 Å². The van der Waals surface area contributed by atoms with Gasteiger partial charge in [0.05, 0.1) is 18.2 Å². The Labute approximate surface area is 121 Å². The van der Waals surface area contributed by atoms with Gasteiger partial charge in [-0.2, -0.15) is 0 Å². The summed E-state index contributed by atoms with van der Waals surface area (Å²) < 4.78 is 5.76. The average molecular weight is 276 g/mol. The van der Waals surface area contributed by atoms with Crippen molar-refractivity contribution in [1.82, 2.24) is 10.2 Å². The molecular formula is C16H24N2O2. The molecule has 20 heavy (non-hydrogen) atoms. The molecule has 1 aliphatic heterocycles. The largest absolute Gasteiger partial charge is 0.490 e. The number of ketones is 1. The number of rotatable bonds is 5. The number of piperazine rings is 1. The van der Waals surface area contributed by atoms with Crippen LogP contribution in [-0.2, 0) is 0 Å². The maximum atomic E-state index is 12.5. The van der Waals surface area contributed by atoms with Crippen LogP contribution < -0.4 is 10.1 Å². The first-order valence-corrected chi connectivity index (χ1v) is 7.30. The zero-order chi connectivity index (χ0) is 14.5. The zero-order valence-corrected chi connectivity index (χ0v) is 12.6. The van der Waals surface area contributed by atoms with Gasteiger partial charge >= 0.3 is 0 Å². The molecule has 1 aromatic carbocycles. The molecule has 1 N–H and O–H groups in total. The van der Waals surface area contributed by atoms with Crippen molar-refractivity contribution in [3.8, 4) is 5.75 Å². The van der Waals surface area contributed by atoms with Crippen LogP contribution in [0, 0.1) is 6.92 Å². The minimum absolute atomic E-state index is 0.0726. The Bertz CT molecular complexity index is 466. The summed E-state index contributed by atoms with van der Waals surface area (Å²) in [5, 5.41) is 3.30. The van der Waals surface area contributed by atoms with Gasteiger partial charge in [-0.1, -0.05) is 11.6 Å². The van der Waals surface area contributed by atoms with Gasteiger partial charge in [-0.3, -0.25) is 9.69 Å². The Kier molecular flexibility index (Phi) is 5.15. The monoisotopic (exact) mass is 276 g/mol. The lowest BCUT2D eigenvalue weighted by Gasteiger charge is -2.26. The molecule has 0 unspecified atom stereocenters. The smallest absolute Gasteiger partial charge is 0.180 e. The molecular weight excluding hydrogens is 252 g/mol. The summed E-state index contributed by atoms with van der Waals surface area (Å²) in [6, 6.07) is 5.82. The first kappa shape index (κ1) is 15.0. The molecule has 0 aromatic heterocycles. The molecule has 1 saturated heterocycles. The Morgan fingerprint density at radius 1 is 1.35 bits per heavy atom. The van der Waals surface area contributed by atoms with Crippen LogP contribution in [0.15, 0.2) is 18.2 Å². The molecule has 0 bridgehead atoms. The lowest BCUT2D eigenvalue weighted by atomic mass is 10.1. The summed E-state index contributed by atoms with van der Waals surface area (Å²) >= 11 is 0. The molecule has 1 aliphatic rings. The van der Waals surface area contributed by atoms with Crippen molar-refractivity contribution >= 4 is 5.78 Å². The summed E-state index contributed by atoms with van der Waals surface area (Å²) in [6.07, 6.45) is 0.0726. The fourth-order valence-corrected chi connectivity index (χ4v) is 2.38. The summed E-state index contributed by atoms with van der Waals surface area (Å²) in [5.41, 5.74) is 1.79. The van der Waals surface area contributed by atoms with E-state index in [0.29, 0.717) is 17.9 Å². The van der Waals surface area contributed by atoms with E-state index in [-0.39, 0.29) is 11.9 Å². The number of carbonyl (C=O) groups is 1. The molecule has 2 rings (SSSR count). The topological polar surface area (TPSA) is 41.6 Å². The highest BCUT2D eigenvalue weighted by molar-refractivity contribution is 6.00. The number of nitrogens with one attached hydrogen (secondary N) is 1. The third-order valence-electron chi connectivity index (χ3n) is 3.37. The number of aryl methyl sites for hydroxylation is 1. The van der Waals surface area contributed by atoms with Crippen LogP contribution in [0.3, 0.4) is 0 Å². The molecule has 1 aromatic rings. The Balaban J connectivity index is 2.12. The van der Waals surface area contributed by atoms with Crippen molar-refractivity contribution in [3.05, 3.63) is 29.3 Å². The SMILES string of the molecule is Cc1ccc(OC(C)C)c(C(=O)CN2CCNCC2)c1. The Morgan fingerprint density at radius 3 is 2.70 bits per heavy atom. The van der Waals surface area contributed by atoms with E-state index in [1.807, 2.05) is 39.0 Å². The van der Waals surface area contributed by atoms with Crippen LogP contribution >= 0.6 is 0 Å². The predicted molar refractivity (Wildman–Crippen MR) is 80.6 cm³/mol. The van der Waals surface area contributed by atoms with Crippen LogP contribution in [0.1, 0.15) is 29.8 Å². The molecule has 110 valence electrons. The van der Waals surface area contributed by atoms with Crippen LogP contribution in [0.25, 0.3) is 0 Å². The molecule has 0 amide bonds. The van der Waals surface area contributed by atoms with Gasteiger partial charge in [0.2, 0.25) is 0 Å². The van der Waals surface area contributed by atoms with Crippen LogP contribution in [0.2, 0.25) is 0 Å². The van der Waals surface area contributed by atoms with Crippen molar-refractivity contribution in [2.45, 2.75) is 26.9 Å². The highest BCUT2D eigenvalue weighted by Gasteiger charge is 2.18. The summed E-state index contributed by atoms with van der Waals surface area (Å²) in [4.78, 5) is 14.7. The van der Waals surface area contributed by atoms with Gasteiger partial charge in [-0.25, -0.2) is 0 Å². The number of hydrogen-bond acceptors (Lipinski definition) is 4. The fourth-order valence-electron chi connectivity index (χ4n) is 2.38. The lowest BCUT2D eigenvalue weighted by molar-refractivity contribution is 0.0915. The predicted octanol–water partition coefficient (Wildman–Crippen LogP) is 1.87. The van der Waals surface area contributed by atoms with Gasteiger partial charge < -0.3 is 10.1 Å². The van der Waals surface area contributed by atoms with E-state index in [2.05, 4.69) is 10.2 Å². The Morgan fingerprint density at radius 2 is 2.05 bits per heavy atom. The van der Waals surface area contributed by atoms with E-state index in [0.717, 1.165) is 31.7 Å². The van der Waals surface area contributed by atoms with Crippen molar-refractivity contribution in [2.75, 3.05) is 32.7 Å². The van der Waals surface area contributed by atoms with Crippen LogP contribution in [-0.4, -0.2) is 49.5 Å².